The Kier molecular flexibility index (Phi) is 8.86. The van der Waals surface area contributed by atoms with Gasteiger partial charge in [0.05, 0.1) is 12.2 Å². The molecule has 1 unspecified atom stereocenters. The lowest BCUT2D eigenvalue weighted by Crippen LogP contribution is -2.29. The molecule has 1 N–H and O–H groups in total. The third kappa shape index (κ3) is 6.39. The van der Waals surface area contributed by atoms with Crippen molar-refractivity contribution >= 4 is 39.6 Å². The van der Waals surface area contributed by atoms with Crippen molar-refractivity contribution in [3.63, 3.8) is 0 Å². The second-order valence-corrected chi connectivity index (χ2v) is 11.1. The molecule has 0 amide bonds. The highest BCUT2D eigenvalue weighted by Gasteiger charge is 2.35. The number of aromatic nitrogens is 3. The number of thioether (sulfide) groups is 1. The van der Waals surface area contributed by atoms with Gasteiger partial charge in [-0.3, -0.25) is 0 Å². The number of allylic oxidation sites excluding steroid dienone is 1. The van der Waals surface area contributed by atoms with E-state index in [1.807, 2.05) is 62.4 Å². The first kappa shape index (κ1) is 27.9. The summed E-state index contributed by atoms with van der Waals surface area (Å²) < 4.78 is 28.4. The molecular weight excluding hydrogens is 595 g/mol. The van der Waals surface area contributed by atoms with Gasteiger partial charge in [-0.25, -0.2) is 13.9 Å². The molecule has 0 saturated heterocycles. The molecule has 0 aliphatic carbocycles. The molecule has 1 aliphatic heterocycles. The van der Waals surface area contributed by atoms with Crippen molar-refractivity contribution in [1.82, 2.24) is 14.8 Å². The van der Waals surface area contributed by atoms with Crippen LogP contribution in [0.5, 0.6) is 5.75 Å². The van der Waals surface area contributed by atoms with E-state index in [2.05, 4.69) is 26.2 Å². The van der Waals surface area contributed by atoms with E-state index in [1.54, 1.807) is 22.9 Å². The lowest BCUT2D eigenvalue weighted by atomic mass is 9.96. The standard InChI is InChI=1S/C30H28BrFN4O3S/c1-3-16-38-28(37)26-19(2)33-29-34-30(40-18-22-6-4-5-7-25(22)32)35-36(29)27(26)21-10-14-24(15-11-21)39-17-20-8-12-23(31)13-9-20/h4-15,27H,3,16-18H2,1-2H3,(H,33,34,35). The normalized spacial score (nSPS) is 14.4. The van der Waals surface area contributed by atoms with Gasteiger partial charge in [0.15, 0.2) is 0 Å². The zero-order valence-corrected chi connectivity index (χ0v) is 24.5. The number of carbonyl (C=O) groups is 1. The molecule has 1 aromatic heterocycles. The molecule has 4 aromatic rings. The summed E-state index contributed by atoms with van der Waals surface area (Å²) in [7, 11) is 0. The predicted molar refractivity (Wildman–Crippen MR) is 157 cm³/mol. The largest absolute Gasteiger partial charge is 0.489 e. The van der Waals surface area contributed by atoms with E-state index in [1.165, 1.54) is 17.8 Å². The first-order chi connectivity index (χ1) is 19.4. The summed E-state index contributed by atoms with van der Waals surface area (Å²) in [6, 6.07) is 21.7. The number of halogens is 2. The van der Waals surface area contributed by atoms with Gasteiger partial charge in [0.1, 0.15) is 24.2 Å². The zero-order chi connectivity index (χ0) is 28.1. The molecule has 0 radical (unpaired) electrons. The maximum atomic E-state index is 14.2. The Labute approximate surface area is 244 Å². The smallest absolute Gasteiger partial charge is 0.338 e. The molecule has 5 rings (SSSR count). The van der Waals surface area contributed by atoms with Crippen molar-refractivity contribution in [2.24, 2.45) is 0 Å². The molecule has 10 heteroatoms. The predicted octanol–water partition coefficient (Wildman–Crippen LogP) is 7.29. The summed E-state index contributed by atoms with van der Waals surface area (Å²) in [6.45, 7) is 4.53. The maximum Gasteiger partial charge on any atom is 0.338 e. The van der Waals surface area contributed by atoms with Gasteiger partial charge in [-0.15, -0.1) is 5.10 Å². The first-order valence-corrected chi connectivity index (χ1v) is 14.7. The fourth-order valence-electron chi connectivity index (χ4n) is 4.29. The minimum atomic E-state index is -0.559. The third-order valence-corrected chi connectivity index (χ3v) is 7.73. The quantitative estimate of drug-likeness (QED) is 0.147. The topological polar surface area (TPSA) is 78.3 Å². The molecule has 1 atom stereocenters. The van der Waals surface area contributed by atoms with Crippen molar-refractivity contribution in [2.45, 2.75) is 43.8 Å². The number of carbonyl (C=O) groups excluding carboxylic acids is 1. The summed E-state index contributed by atoms with van der Waals surface area (Å²) in [5, 5.41) is 8.39. The fourth-order valence-corrected chi connectivity index (χ4v) is 5.37. The van der Waals surface area contributed by atoms with Crippen LogP contribution in [0.1, 0.15) is 43.0 Å². The number of anilines is 1. The van der Waals surface area contributed by atoms with Gasteiger partial charge in [0, 0.05) is 15.9 Å². The SMILES string of the molecule is CCCOC(=O)C1=C(C)Nc2nc(SCc3ccccc3F)nn2C1c1ccc(OCc2ccc(Br)cc2)cc1. The lowest BCUT2D eigenvalue weighted by Gasteiger charge is -2.28. The zero-order valence-electron chi connectivity index (χ0n) is 22.1. The molecule has 3 aromatic carbocycles. The summed E-state index contributed by atoms with van der Waals surface area (Å²) in [6.07, 6.45) is 0.714. The number of hydrogen-bond donors (Lipinski definition) is 1. The van der Waals surface area contributed by atoms with Gasteiger partial charge < -0.3 is 14.8 Å². The average Bonchev–Trinajstić information content (AvgIpc) is 3.37. The van der Waals surface area contributed by atoms with Crippen LogP contribution in [0.4, 0.5) is 10.3 Å². The van der Waals surface area contributed by atoms with Gasteiger partial charge in [-0.2, -0.15) is 4.98 Å². The van der Waals surface area contributed by atoms with E-state index in [0.717, 1.165) is 15.6 Å². The minimum absolute atomic E-state index is 0.268. The summed E-state index contributed by atoms with van der Waals surface area (Å²) in [5.74, 6) is 0.908. The Morgan fingerprint density at radius 1 is 1.10 bits per heavy atom. The highest BCUT2D eigenvalue weighted by molar-refractivity contribution is 9.10. The average molecular weight is 624 g/mol. The molecule has 206 valence electrons. The van der Waals surface area contributed by atoms with E-state index < -0.39 is 12.0 Å². The fraction of sp³-hybridized carbons (Fsp3) is 0.233. The Bertz CT molecular complexity index is 1520. The van der Waals surface area contributed by atoms with Gasteiger partial charge >= 0.3 is 5.97 Å². The van der Waals surface area contributed by atoms with Crippen molar-refractivity contribution < 1.29 is 18.7 Å². The van der Waals surface area contributed by atoms with Crippen LogP contribution >= 0.6 is 27.7 Å². The number of rotatable bonds is 10. The highest BCUT2D eigenvalue weighted by Crippen LogP contribution is 2.37. The van der Waals surface area contributed by atoms with Crippen LogP contribution in [-0.4, -0.2) is 27.3 Å². The van der Waals surface area contributed by atoms with Crippen LogP contribution < -0.4 is 10.1 Å². The van der Waals surface area contributed by atoms with Crippen molar-refractivity contribution in [2.75, 3.05) is 11.9 Å². The summed E-state index contributed by atoms with van der Waals surface area (Å²) in [4.78, 5) is 17.8. The Balaban J connectivity index is 1.41. The van der Waals surface area contributed by atoms with Gasteiger partial charge in [0.25, 0.3) is 0 Å². The van der Waals surface area contributed by atoms with Crippen molar-refractivity contribution in [1.29, 1.82) is 0 Å². The molecule has 1 aliphatic rings. The molecule has 2 heterocycles. The van der Waals surface area contributed by atoms with Crippen LogP contribution in [0, 0.1) is 5.82 Å². The van der Waals surface area contributed by atoms with Crippen LogP contribution in [0.15, 0.2) is 93.7 Å². The second kappa shape index (κ2) is 12.7. The Morgan fingerprint density at radius 3 is 2.58 bits per heavy atom. The monoisotopic (exact) mass is 622 g/mol. The number of benzene rings is 3. The second-order valence-electron chi connectivity index (χ2n) is 9.23. The van der Waals surface area contributed by atoms with Crippen molar-refractivity contribution in [3.8, 4) is 5.75 Å². The van der Waals surface area contributed by atoms with E-state index in [9.17, 15) is 9.18 Å². The highest BCUT2D eigenvalue weighted by atomic mass is 79.9. The number of hydrogen-bond acceptors (Lipinski definition) is 7. The molecule has 0 fully saturated rings. The van der Waals surface area contributed by atoms with Crippen molar-refractivity contribution in [3.05, 3.63) is 111 Å². The number of fused-ring (bicyclic) bond motifs is 1. The number of nitrogens with one attached hydrogen (secondary N) is 1. The molecule has 7 nitrogen and oxygen atoms in total. The van der Waals surface area contributed by atoms with E-state index >= 15 is 0 Å². The van der Waals surface area contributed by atoms with E-state index in [0.29, 0.717) is 59.1 Å². The number of ether oxygens (including phenoxy) is 2. The third-order valence-electron chi connectivity index (χ3n) is 6.32. The molecule has 0 spiro atoms. The van der Waals surface area contributed by atoms with Gasteiger partial charge in [-0.1, -0.05) is 77.1 Å². The lowest BCUT2D eigenvalue weighted by molar-refractivity contribution is -0.139. The van der Waals surface area contributed by atoms with E-state index in [4.69, 9.17) is 14.6 Å². The van der Waals surface area contributed by atoms with Crippen LogP contribution in [0.2, 0.25) is 0 Å². The number of esters is 1. The molecule has 40 heavy (non-hydrogen) atoms. The Hall–Kier alpha value is -3.63. The van der Waals surface area contributed by atoms with Crippen LogP contribution in [0.25, 0.3) is 0 Å². The van der Waals surface area contributed by atoms with Gasteiger partial charge in [-0.05, 0) is 60.4 Å². The molecule has 0 saturated carbocycles. The minimum Gasteiger partial charge on any atom is -0.489 e. The molecule has 0 bridgehead atoms. The maximum absolute atomic E-state index is 14.2. The first-order valence-electron chi connectivity index (χ1n) is 12.9. The van der Waals surface area contributed by atoms with Crippen LogP contribution in [0.3, 0.4) is 0 Å². The summed E-state index contributed by atoms with van der Waals surface area (Å²) >= 11 is 4.78. The Morgan fingerprint density at radius 2 is 1.85 bits per heavy atom. The van der Waals surface area contributed by atoms with Gasteiger partial charge in [0.2, 0.25) is 11.1 Å². The summed E-state index contributed by atoms with van der Waals surface area (Å²) in [5.41, 5.74) is 3.56. The number of nitrogens with zero attached hydrogens (tertiary/aromatic N) is 3. The van der Waals surface area contributed by atoms with Crippen LogP contribution in [-0.2, 0) is 21.9 Å². The molecular formula is C30H28BrFN4O3S. The van der Waals surface area contributed by atoms with E-state index in [-0.39, 0.29) is 5.82 Å².